The molecule has 1 aromatic carbocycles. The van der Waals surface area contributed by atoms with Crippen LogP contribution in [0.4, 0.5) is 5.69 Å². The topological polar surface area (TPSA) is 29.5 Å². The first kappa shape index (κ1) is 12.1. The Morgan fingerprint density at radius 2 is 2.24 bits per heavy atom. The van der Waals surface area contributed by atoms with Crippen LogP contribution in [0.2, 0.25) is 0 Å². The maximum absolute atomic E-state index is 12.1. The number of aryl methyl sites for hydroxylation is 1. The van der Waals surface area contributed by atoms with E-state index in [2.05, 4.69) is 13.0 Å². The lowest BCUT2D eigenvalue weighted by molar-refractivity contribution is -0.123. The summed E-state index contributed by atoms with van der Waals surface area (Å²) in [5.41, 5.74) is 2.31. The highest BCUT2D eigenvalue weighted by atomic mass is 16.5. The van der Waals surface area contributed by atoms with Crippen LogP contribution < -0.4 is 4.90 Å². The molecule has 3 nitrogen and oxygen atoms in total. The van der Waals surface area contributed by atoms with E-state index in [1.165, 1.54) is 5.56 Å². The Morgan fingerprint density at radius 1 is 1.47 bits per heavy atom. The lowest BCUT2D eigenvalue weighted by Crippen LogP contribution is -2.44. The van der Waals surface area contributed by atoms with Crippen LogP contribution in [-0.4, -0.2) is 25.2 Å². The minimum absolute atomic E-state index is 0.0616. The van der Waals surface area contributed by atoms with Crippen molar-refractivity contribution in [1.82, 2.24) is 0 Å². The molecule has 1 aromatic rings. The Morgan fingerprint density at radius 3 is 3.00 bits per heavy atom. The summed E-state index contributed by atoms with van der Waals surface area (Å²) in [4.78, 5) is 14.0. The van der Waals surface area contributed by atoms with Crippen LogP contribution in [0, 0.1) is 0 Å². The summed E-state index contributed by atoms with van der Waals surface area (Å²) in [6, 6.07) is 8.40. The van der Waals surface area contributed by atoms with Gasteiger partial charge in [-0.2, -0.15) is 0 Å². The lowest BCUT2D eigenvalue weighted by Gasteiger charge is -2.35. The minimum Gasteiger partial charge on any atom is -0.372 e. The number of fused-ring (bicyclic) bond motifs is 1. The van der Waals surface area contributed by atoms with Crippen molar-refractivity contribution in [3.8, 4) is 0 Å². The zero-order chi connectivity index (χ0) is 12.3. The van der Waals surface area contributed by atoms with Gasteiger partial charge < -0.3 is 9.64 Å². The van der Waals surface area contributed by atoms with Crippen molar-refractivity contribution in [1.29, 1.82) is 0 Å². The smallest absolute Gasteiger partial charge is 0.253 e. The van der Waals surface area contributed by atoms with E-state index in [1.807, 2.05) is 30.0 Å². The van der Waals surface area contributed by atoms with Gasteiger partial charge in [-0.25, -0.2) is 0 Å². The Kier molecular flexibility index (Phi) is 3.79. The molecule has 1 heterocycles. The molecule has 0 saturated carbocycles. The van der Waals surface area contributed by atoms with Crippen LogP contribution in [0.15, 0.2) is 24.3 Å². The largest absolute Gasteiger partial charge is 0.372 e. The van der Waals surface area contributed by atoms with Crippen LogP contribution in [0.3, 0.4) is 0 Å². The summed E-state index contributed by atoms with van der Waals surface area (Å²) >= 11 is 0. The molecule has 0 fully saturated rings. The van der Waals surface area contributed by atoms with Crippen molar-refractivity contribution >= 4 is 11.6 Å². The second kappa shape index (κ2) is 5.32. The van der Waals surface area contributed by atoms with Crippen LogP contribution in [-0.2, 0) is 16.0 Å². The first-order chi connectivity index (χ1) is 8.24. The normalized spacial score (nSPS) is 18.9. The van der Waals surface area contributed by atoms with Crippen molar-refractivity contribution in [2.75, 3.05) is 18.1 Å². The predicted octanol–water partition coefficient (Wildman–Crippen LogP) is 2.39. The molecule has 0 spiro atoms. The zero-order valence-electron chi connectivity index (χ0n) is 10.5. The average Bonchev–Trinajstić information content (AvgIpc) is 2.35. The molecule has 0 aliphatic carbocycles. The van der Waals surface area contributed by atoms with Crippen LogP contribution in [0.25, 0.3) is 0 Å². The van der Waals surface area contributed by atoms with E-state index in [0.717, 1.165) is 18.5 Å². The van der Waals surface area contributed by atoms with Gasteiger partial charge in [0.05, 0.1) is 0 Å². The molecule has 0 bridgehead atoms. The highest BCUT2D eigenvalue weighted by Gasteiger charge is 2.27. The van der Waals surface area contributed by atoms with Crippen molar-refractivity contribution in [2.24, 2.45) is 0 Å². The summed E-state index contributed by atoms with van der Waals surface area (Å²) in [6.07, 6.45) is 2.07. The standard InChI is InChI=1S/C14H19NO2/c1-3-17-10-14(16)15-11(2)8-9-12-6-4-5-7-13(12)15/h4-7,11H,3,8-10H2,1-2H3. The average molecular weight is 233 g/mol. The molecule has 3 heteroatoms. The number of rotatable bonds is 3. The van der Waals surface area contributed by atoms with E-state index in [-0.39, 0.29) is 18.6 Å². The fourth-order valence-electron chi connectivity index (χ4n) is 2.33. The maximum Gasteiger partial charge on any atom is 0.253 e. The fraction of sp³-hybridized carbons (Fsp3) is 0.500. The number of para-hydroxylation sites is 1. The molecule has 0 N–H and O–H groups in total. The van der Waals surface area contributed by atoms with Gasteiger partial charge in [-0.3, -0.25) is 4.79 Å². The molecule has 2 rings (SSSR count). The summed E-state index contributed by atoms with van der Waals surface area (Å²) < 4.78 is 5.22. The van der Waals surface area contributed by atoms with E-state index >= 15 is 0 Å². The van der Waals surface area contributed by atoms with Crippen molar-refractivity contribution in [2.45, 2.75) is 32.7 Å². The van der Waals surface area contributed by atoms with E-state index in [4.69, 9.17) is 4.74 Å². The van der Waals surface area contributed by atoms with Crippen LogP contribution in [0.5, 0.6) is 0 Å². The van der Waals surface area contributed by atoms with E-state index < -0.39 is 0 Å². The van der Waals surface area contributed by atoms with Gasteiger partial charge >= 0.3 is 0 Å². The molecule has 92 valence electrons. The lowest BCUT2D eigenvalue weighted by atomic mass is 9.96. The van der Waals surface area contributed by atoms with Gasteiger partial charge in [0.1, 0.15) is 6.61 Å². The predicted molar refractivity (Wildman–Crippen MR) is 68.2 cm³/mol. The number of hydrogen-bond acceptors (Lipinski definition) is 2. The van der Waals surface area contributed by atoms with Gasteiger partial charge in [0.15, 0.2) is 0 Å². The molecular weight excluding hydrogens is 214 g/mol. The van der Waals surface area contributed by atoms with E-state index in [9.17, 15) is 4.79 Å². The molecule has 0 saturated heterocycles. The van der Waals surface area contributed by atoms with Crippen molar-refractivity contribution < 1.29 is 9.53 Å². The Bertz CT molecular complexity index is 403. The molecule has 17 heavy (non-hydrogen) atoms. The van der Waals surface area contributed by atoms with E-state index in [1.54, 1.807) is 0 Å². The number of carbonyl (C=O) groups excluding carboxylic acids is 1. The van der Waals surface area contributed by atoms with Gasteiger partial charge in [-0.15, -0.1) is 0 Å². The zero-order valence-corrected chi connectivity index (χ0v) is 10.5. The molecule has 1 aliphatic rings. The first-order valence-electron chi connectivity index (χ1n) is 6.21. The molecule has 1 amide bonds. The summed E-state index contributed by atoms with van der Waals surface area (Å²) in [5.74, 6) is 0.0616. The number of hydrogen-bond donors (Lipinski definition) is 0. The summed E-state index contributed by atoms with van der Waals surface area (Å²) in [6.45, 7) is 4.76. The molecule has 0 radical (unpaired) electrons. The van der Waals surface area contributed by atoms with E-state index in [0.29, 0.717) is 6.61 Å². The number of carbonyl (C=O) groups is 1. The number of amides is 1. The molecule has 1 atom stereocenters. The molecule has 0 aromatic heterocycles. The summed E-state index contributed by atoms with van der Waals surface area (Å²) in [7, 11) is 0. The van der Waals surface area contributed by atoms with Crippen molar-refractivity contribution in [3.63, 3.8) is 0 Å². The Hall–Kier alpha value is -1.35. The van der Waals surface area contributed by atoms with Gasteiger partial charge in [-0.1, -0.05) is 18.2 Å². The second-order valence-corrected chi connectivity index (χ2v) is 4.42. The monoisotopic (exact) mass is 233 g/mol. The van der Waals surface area contributed by atoms with Gasteiger partial charge in [0.25, 0.3) is 5.91 Å². The summed E-state index contributed by atoms with van der Waals surface area (Å²) in [5, 5.41) is 0. The minimum atomic E-state index is 0.0616. The molecular formula is C14H19NO2. The third-order valence-corrected chi connectivity index (χ3v) is 3.22. The van der Waals surface area contributed by atoms with Gasteiger partial charge in [0, 0.05) is 18.3 Å². The molecule has 1 aliphatic heterocycles. The van der Waals surface area contributed by atoms with Crippen LogP contribution in [0.1, 0.15) is 25.8 Å². The third-order valence-electron chi connectivity index (χ3n) is 3.22. The quantitative estimate of drug-likeness (QED) is 0.802. The number of nitrogens with zero attached hydrogens (tertiary/aromatic N) is 1. The highest BCUT2D eigenvalue weighted by Crippen LogP contribution is 2.30. The van der Waals surface area contributed by atoms with Gasteiger partial charge in [-0.05, 0) is 38.3 Å². The second-order valence-electron chi connectivity index (χ2n) is 4.42. The molecule has 1 unspecified atom stereocenters. The highest BCUT2D eigenvalue weighted by molar-refractivity contribution is 5.96. The van der Waals surface area contributed by atoms with Crippen molar-refractivity contribution in [3.05, 3.63) is 29.8 Å². The number of anilines is 1. The number of ether oxygens (including phenoxy) is 1. The Labute approximate surface area is 102 Å². The SMILES string of the molecule is CCOCC(=O)N1c2ccccc2CCC1C. The Balaban J connectivity index is 2.23. The van der Waals surface area contributed by atoms with Crippen LogP contribution >= 0.6 is 0 Å². The van der Waals surface area contributed by atoms with Gasteiger partial charge in [0.2, 0.25) is 0 Å². The number of benzene rings is 1. The maximum atomic E-state index is 12.1. The first-order valence-corrected chi connectivity index (χ1v) is 6.21. The third kappa shape index (κ3) is 2.50. The fourth-order valence-corrected chi connectivity index (χ4v) is 2.33.